The van der Waals surface area contributed by atoms with Gasteiger partial charge in [-0.15, -0.1) is 0 Å². The first-order chi connectivity index (χ1) is 11.5. The maximum atomic E-state index is 11.6. The Morgan fingerprint density at radius 1 is 1.00 bits per heavy atom. The number of piperidine rings is 1. The average Bonchev–Trinajstić information content (AvgIpc) is 2.88. The van der Waals surface area contributed by atoms with E-state index in [-0.39, 0.29) is 12.1 Å². The molecule has 2 aromatic rings. The molecule has 126 valence electrons. The molecular formula is C19H22N2O2S. The van der Waals surface area contributed by atoms with Crippen molar-refractivity contribution < 1.29 is 8.42 Å². The highest BCUT2D eigenvalue weighted by Gasteiger charge is 2.35. The lowest BCUT2D eigenvalue weighted by Gasteiger charge is -2.37. The van der Waals surface area contributed by atoms with E-state index >= 15 is 0 Å². The van der Waals surface area contributed by atoms with Crippen LogP contribution in [0.25, 0.3) is 11.1 Å². The standard InChI is InChI=1S/C19H22N2O2S/c1-24(22,23)20-14-7-6-12-21(13-14)19-17-10-4-2-8-15(17)16-9-3-5-11-18(16)19/h2-5,8-11,14,19-20H,6-7,12-13H2,1H3/t14-/m0/s1. The summed E-state index contributed by atoms with van der Waals surface area (Å²) in [5.41, 5.74) is 5.27. The minimum atomic E-state index is -3.17. The van der Waals surface area contributed by atoms with Gasteiger partial charge in [0.25, 0.3) is 0 Å². The highest BCUT2D eigenvalue weighted by atomic mass is 32.2. The molecule has 1 heterocycles. The van der Waals surface area contributed by atoms with Crippen molar-refractivity contribution in [1.82, 2.24) is 9.62 Å². The number of benzene rings is 2. The number of nitrogens with zero attached hydrogens (tertiary/aromatic N) is 1. The molecular weight excluding hydrogens is 320 g/mol. The third kappa shape index (κ3) is 2.88. The van der Waals surface area contributed by atoms with Gasteiger partial charge in [0.1, 0.15) is 0 Å². The summed E-state index contributed by atoms with van der Waals surface area (Å²) in [6.45, 7) is 1.75. The molecule has 1 atom stereocenters. The minimum Gasteiger partial charge on any atom is -0.291 e. The molecule has 1 saturated heterocycles. The normalized spacial score (nSPS) is 21.5. The lowest BCUT2D eigenvalue weighted by Crippen LogP contribution is -2.48. The molecule has 4 nitrogen and oxygen atoms in total. The largest absolute Gasteiger partial charge is 0.291 e. The van der Waals surface area contributed by atoms with E-state index in [2.05, 4.69) is 58.2 Å². The van der Waals surface area contributed by atoms with Gasteiger partial charge in [-0.05, 0) is 41.6 Å². The SMILES string of the molecule is CS(=O)(=O)N[C@H]1CCCN(C2c3ccccc3-c3ccccc32)C1. The topological polar surface area (TPSA) is 49.4 Å². The van der Waals surface area contributed by atoms with Gasteiger partial charge in [-0.2, -0.15) is 0 Å². The first kappa shape index (κ1) is 15.8. The molecule has 2 aromatic carbocycles. The molecule has 1 N–H and O–H groups in total. The molecule has 0 unspecified atom stereocenters. The second-order valence-electron chi connectivity index (χ2n) is 6.80. The van der Waals surface area contributed by atoms with Crippen LogP contribution in [0.15, 0.2) is 48.5 Å². The van der Waals surface area contributed by atoms with E-state index in [1.165, 1.54) is 28.5 Å². The van der Waals surface area contributed by atoms with E-state index in [4.69, 9.17) is 0 Å². The number of sulfonamides is 1. The summed E-state index contributed by atoms with van der Waals surface area (Å²) in [6, 6.07) is 17.3. The average molecular weight is 342 g/mol. The summed E-state index contributed by atoms with van der Waals surface area (Å²) in [5, 5.41) is 0. The van der Waals surface area contributed by atoms with Crippen LogP contribution in [0, 0.1) is 0 Å². The van der Waals surface area contributed by atoms with Crippen LogP contribution in [-0.2, 0) is 10.0 Å². The summed E-state index contributed by atoms with van der Waals surface area (Å²) in [7, 11) is -3.17. The summed E-state index contributed by atoms with van der Waals surface area (Å²) in [6.07, 6.45) is 3.15. The molecule has 1 aliphatic carbocycles. The van der Waals surface area contributed by atoms with Gasteiger partial charge in [0.05, 0.1) is 12.3 Å². The number of hydrogen-bond acceptors (Lipinski definition) is 3. The van der Waals surface area contributed by atoms with Crippen LogP contribution >= 0.6 is 0 Å². The first-order valence-electron chi connectivity index (χ1n) is 8.42. The van der Waals surface area contributed by atoms with Crippen molar-refractivity contribution in [3.8, 4) is 11.1 Å². The van der Waals surface area contributed by atoms with Gasteiger partial charge in [0.2, 0.25) is 10.0 Å². The van der Waals surface area contributed by atoms with Crippen LogP contribution in [-0.4, -0.2) is 38.7 Å². The van der Waals surface area contributed by atoms with E-state index in [0.29, 0.717) is 0 Å². The van der Waals surface area contributed by atoms with Gasteiger partial charge in [-0.3, -0.25) is 4.90 Å². The Hall–Kier alpha value is -1.69. The van der Waals surface area contributed by atoms with Gasteiger partial charge >= 0.3 is 0 Å². The molecule has 0 spiro atoms. The van der Waals surface area contributed by atoms with Crippen molar-refractivity contribution in [2.75, 3.05) is 19.3 Å². The van der Waals surface area contributed by atoms with E-state index in [1.54, 1.807) is 0 Å². The lowest BCUT2D eigenvalue weighted by atomic mass is 9.98. The quantitative estimate of drug-likeness (QED) is 0.933. The molecule has 5 heteroatoms. The third-order valence-electron chi connectivity index (χ3n) is 5.00. The fraction of sp³-hybridized carbons (Fsp3) is 0.368. The van der Waals surface area contributed by atoms with Crippen LogP contribution in [0.1, 0.15) is 30.0 Å². The van der Waals surface area contributed by atoms with Gasteiger partial charge in [0, 0.05) is 12.6 Å². The molecule has 2 aliphatic rings. The smallest absolute Gasteiger partial charge is 0.208 e. The molecule has 1 fully saturated rings. The molecule has 0 bridgehead atoms. The van der Waals surface area contributed by atoms with E-state index in [9.17, 15) is 8.42 Å². The van der Waals surface area contributed by atoms with Crippen LogP contribution in [0.2, 0.25) is 0 Å². The second-order valence-corrected chi connectivity index (χ2v) is 8.58. The zero-order valence-electron chi connectivity index (χ0n) is 13.8. The molecule has 0 amide bonds. The van der Waals surface area contributed by atoms with Crippen LogP contribution < -0.4 is 4.72 Å². The fourth-order valence-corrected chi connectivity index (χ4v) is 4.96. The Labute approximate surface area is 143 Å². The van der Waals surface area contributed by atoms with Crippen LogP contribution in [0.5, 0.6) is 0 Å². The number of fused-ring (bicyclic) bond motifs is 3. The van der Waals surface area contributed by atoms with Gasteiger partial charge in [-0.25, -0.2) is 13.1 Å². The molecule has 0 aromatic heterocycles. The molecule has 1 aliphatic heterocycles. The zero-order valence-corrected chi connectivity index (χ0v) is 14.6. The number of likely N-dealkylation sites (tertiary alicyclic amines) is 1. The Balaban J connectivity index is 1.68. The van der Waals surface area contributed by atoms with Crippen molar-refractivity contribution in [2.45, 2.75) is 24.9 Å². The Morgan fingerprint density at radius 2 is 1.58 bits per heavy atom. The second kappa shape index (κ2) is 5.99. The summed E-state index contributed by atoms with van der Waals surface area (Å²) < 4.78 is 26.0. The predicted octanol–water partition coefficient (Wildman–Crippen LogP) is 2.77. The van der Waals surface area contributed by atoms with Crippen LogP contribution in [0.3, 0.4) is 0 Å². The van der Waals surface area contributed by atoms with Crippen molar-refractivity contribution >= 4 is 10.0 Å². The van der Waals surface area contributed by atoms with Crippen LogP contribution in [0.4, 0.5) is 0 Å². The van der Waals surface area contributed by atoms with Crippen molar-refractivity contribution in [1.29, 1.82) is 0 Å². The molecule has 0 radical (unpaired) electrons. The molecule has 24 heavy (non-hydrogen) atoms. The molecule has 4 rings (SSSR count). The van der Waals surface area contributed by atoms with Gasteiger partial charge in [-0.1, -0.05) is 48.5 Å². The summed E-state index contributed by atoms with van der Waals surface area (Å²) in [4.78, 5) is 2.43. The summed E-state index contributed by atoms with van der Waals surface area (Å²) in [5.74, 6) is 0. The maximum absolute atomic E-state index is 11.6. The maximum Gasteiger partial charge on any atom is 0.208 e. The Morgan fingerprint density at radius 3 is 2.17 bits per heavy atom. The molecule has 0 saturated carbocycles. The van der Waals surface area contributed by atoms with Crippen molar-refractivity contribution in [3.63, 3.8) is 0 Å². The monoisotopic (exact) mass is 342 g/mol. The number of nitrogens with one attached hydrogen (secondary N) is 1. The van der Waals surface area contributed by atoms with Gasteiger partial charge in [0.15, 0.2) is 0 Å². The van der Waals surface area contributed by atoms with E-state index < -0.39 is 10.0 Å². The highest BCUT2D eigenvalue weighted by Crippen LogP contribution is 2.46. The Bertz CT molecular complexity index is 818. The lowest BCUT2D eigenvalue weighted by molar-refractivity contribution is 0.167. The third-order valence-corrected chi connectivity index (χ3v) is 5.76. The Kier molecular flexibility index (Phi) is 3.95. The van der Waals surface area contributed by atoms with E-state index in [1.807, 2.05) is 0 Å². The fourth-order valence-electron chi connectivity index (χ4n) is 4.16. The predicted molar refractivity (Wildman–Crippen MR) is 96.3 cm³/mol. The number of hydrogen-bond donors (Lipinski definition) is 1. The number of rotatable bonds is 3. The van der Waals surface area contributed by atoms with Crippen molar-refractivity contribution in [2.24, 2.45) is 0 Å². The van der Waals surface area contributed by atoms with E-state index in [0.717, 1.165) is 25.9 Å². The summed E-state index contributed by atoms with van der Waals surface area (Å²) >= 11 is 0. The minimum absolute atomic E-state index is 0.00586. The zero-order chi connectivity index (χ0) is 16.7. The first-order valence-corrected chi connectivity index (χ1v) is 10.3. The van der Waals surface area contributed by atoms with Gasteiger partial charge < -0.3 is 0 Å². The van der Waals surface area contributed by atoms with Crippen molar-refractivity contribution in [3.05, 3.63) is 59.7 Å². The highest BCUT2D eigenvalue weighted by molar-refractivity contribution is 7.88.